The summed E-state index contributed by atoms with van der Waals surface area (Å²) in [6.07, 6.45) is 0. The fraction of sp³-hybridized carbons (Fsp3) is 0.118. The molecule has 2 rings (SSSR count). The zero-order valence-corrected chi connectivity index (χ0v) is 12.9. The van der Waals surface area contributed by atoms with Crippen molar-refractivity contribution < 1.29 is 18.7 Å². The number of nitrogens with two attached hydrogens (primary N) is 2. The second-order valence-electron chi connectivity index (χ2n) is 5.26. The lowest BCUT2D eigenvalue weighted by atomic mass is 9.99. The molecule has 0 amide bonds. The standard InChI is InChI=1S/C17H17F2N3O2/c1-10-2-4-11(5-3-10)12-6-8-13(9-7-12)17(18,19)15(20)14(22-21)16(23)24/h2-9,22H,20-21H2,1H3,(H,23,24)/b15-14-. The maximum Gasteiger partial charge on any atom is 0.355 e. The van der Waals surface area contributed by atoms with Gasteiger partial charge in [0.15, 0.2) is 5.70 Å². The van der Waals surface area contributed by atoms with Crippen LogP contribution < -0.4 is 17.0 Å². The first-order valence-electron chi connectivity index (χ1n) is 7.03. The van der Waals surface area contributed by atoms with E-state index in [-0.39, 0.29) is 0 Å². The van der Waals surface area contributed by atoms with Crippen molar-refractivity contribution in [3.63, 3.8) is 0 Å². The van der Waals surface area contributed by atoms with E-state index >= 15 is 0 Å². The lowest BCUT2D eigenvalue weighted by Crippen LogP contribution is -2.35. The zero-order chi connectivity index (χ0) is 17.9. The van der Waals surface area contributed by atoms with Gasteiger partial charge in [-0.05, 0) is 18.1 Å². The molecule has 2 aromatic carbocycles. The topological polar surface area (TPSA) is 101 Å². The highest BCUT2D eigenvalue weighted by molar-refractivity contribution is 5.87. The van der Waals surface area contributed by atoms with Gasteiger partial charge in [-0.1, -0.05) is 54.1 Å². The molecule has 5 nitrogen and oxygen atoms in total. The Bertz CT molecular complexity index is 769. The Hall–Kier alpha value is -2.93. The van der Waals surface area contributed by atoms with Crippen LogP contribution in [0.25, 0.3) is 11.1 Å². The molecule has 6 N–H and O–H groups in total. The van der Waals surface area contributed by atoms with Gasteiger partial charge in [0.05, 0.1) is 0 Å². The highest BCUT2D eigenvalue weighted by atomic mass is 19.3. The maximum atomic E-state index is 14.4. The first-order chi connectivity index (χ1) is 11.3. The molecule has 7 heteroatoms. The highest BCUT2D eigenvalue weighted by Crippen LogP contribution is 2.35. The van der Waals surface area contributed by atoms with Crippen LogP contribution in [0.2, 0.25) is 0 Å². The van der Waals surface area contributed by atoms with Crippen molar-refractivity contribution in [2.45, 2.75) is 12.8 Å². The summed E-state index contributed by atoms with van der Waals surface area (Å²) in [5, 5.41) is 8.86. The van der Waals surface area contributed by atoms with Crippen LogP contribution in [-0.4, -0.2) is 11.1 Å². The van der Waals surface area contributed by atoms with Crippen LogP contribution in [0.5, 0.6) is 0 Å². The minimum absolute atomic E-state index is 0.426. The third-order valence-corrected chi connectivity index (χ3v) is 3.60. The van der Waals surface area contributed by atoms with E-state index in [1.807, 2.05) is 31.2 Å². The summed E-state index contributed by atoms with van der Waals surface area (Å²) in [7, 11) is 0. The Morgan fingerprint density at radius 1 is 1.04 bits per heavy atom. The molecular formula is C17H17F2N3O2. The van der Waals surface area contributed by atoms with E-state index in [4.69, 9.17) is 16.7 Å². The van der Waals surface area contributed by atoms with Crippen molar-refractivity contribution in [1.82, 2.24) is 5.43 Å². The lowest BCUT2D eigenvalue weighted by molar-refractivity contribution is -0.133. The molecule has 0 aliphatic rings. The maximum absolute atomic E-state index is 14.4. The number of aryl methyl sites for hydroxylation is 1. The van der Waals surface area contributed by atoms with Gasteiger partial charge in [0.25, 0.3) is 0 Å². The van der Waals surface area contributed by atoms with Gasteiger partial charge in [-0.3, -0.25) is 5.84 Å². The van der Waals surface area contributed by atoms with Gasteiger partial charge in [-0.2, -0.15) is 8.78 Å². The first-order valence-corrected chi connectivity index (χ1v) is 7.03. The molecule has 2 aromatic rings. The molecule has 0 spiro atoms. The number of alkyl halides is 2. The van der Waals surface area contributed by atoms with Gasteiger partial charge in [0.1, 0.15) is 5.70 Å². The molecule has 0 bridgehead atoms. The Labute approximate surface area is 137 Å². The van der Waals surface area contributed by atoms with Gasteiger partial charge in [0, 0.05) is 5.56 Å². The summed E-state index contributed by atoms with van der Waals surface area (Å²) in [6.45, 7) is 1.95. The number of halogens is 2. The third kappa shape index (κ3) is 3.36. The summed E-state index contributed by atoms with van der Waals surface area (Å²) >= 11 is 0. The zero-order valence-electron chi connectivity index (χ0n) is 12.9. The molecule has 0 fully saturated rings. The number of allylic oxidation sites excluding steroid dienone is 1. The summed E-state index contributed by atoms with van der Waals surface area (Å²) < 4.78 is 28.8. The van der Waals surface area contributed by atoms with Crippen molar-refractivity contribution in [1.29, 1.82) is 0 Å². The number of aliphatic carboxylic acids is 1. The van der Waals surface area contributed by atoms with Gasteiger partial charge >= 0.3 is 11.9 Å². The molecule has 0 unspecified atom stereocenters. The fourth-order valence-electron chi connectivity index (χ4n) is 2.19. The Kier molecular flexibility index (Phi) is 4.85. The number of hydrogen-bond donors (Lipinski definition) is 4. The summed E-state index contributed by atoms with van der Waals surface area (Å²) in [5.74, 6) is -0.376. The van der Waals surface area contributed by atoms with Gasteiger partial charge in [-0.25, -0.2) is 4.79 Å². The van der Waals surface area contributed by atoms with Crippen LogP contribution in [0, 0.1) is 6.92 Å². The molecule has 126 valence electrons. The van der Waals surface area contributed by atoms with Crippen molar-refractivity contribution >= 4 is 5.97 Å². The Morgan fingerprint density at radius 2 is 1.50 bits per heavy atom. The van der Waals surface area contributed by atoms with Crippen LogP contribution in [0.1, 0.15) is 11.1 Å². The fourth-order valence-corrected chi connectivity index (χ4v) is 2.19. The summed E-state index contributed by atoms with van der Waals surface area (Å²) in [6, 6.07) is 13.1. The van der Waals surface area contributed by atoms with Gasteiger partial charge < -0.3 is 16.3 Å². The van der Waals surface area contributed by atoms with Crippen molar-refractivity contribution in [3.05, 3.63) is 71.1 Å². The number of carboxylic acid groups (broad SMARTS) is 1. The third-order valence-electron chi connectivity index (χ3n) is 3.60. The molecule has 24 heavy (non-hydrogen) atoms. The van der Waals surface area contributed by atoms with E-state index in [9.17, 15) is 13.6 Å². The summed E-state index contributed by atoms with van der Waals surface area (Å²) in [4.78, 5) is 10.9. The quantitative estimate of drug-likeness (QED) is 0.382. The lowest BCUT2D eigenvalue weighted by Gasteiger charge is -2.19. The number of carboxylic acids is 1. The van der Waals surface area contributed by atoms with E-state index in [1.54, 1.807) is 5.43 Å². The average molecular weight is 333 g/mol. The largest absolute Gasteiger partial charge is 0.476 e. The molecule has 0 aromatic heterocycles. The predicted molar refractivity (Wildman–Crippen MR) is 86.7 cm³/mol. The average Bonchev–Trinajstić information content (AvgIpc) is 2.56. The summed E-state index contributed by atoms with van der Waals surface area (Å²) in [5.41, 5.74) is 7.22. The van der Waals surface area contributed by atoms with E-state index < -0.39 is 28.8 Å². The molecule has 0 saturated carbocycles. The number of hydrazine groups is 1. The predicted octanol–water partition coefficient (Wildman–Crippen LogP) is 2.47. The smallest absolute Gasteiger partial charge is 0.355 e. The van der Waals surface area contributed by atoms with E-state index in [2.05, 4.69) is 0 Å². The minimum Gasteiger partial charge on any atom is -0.476 e. The number of rotatable bonds is 5. The van der Waals surface area contributed by atoms with Crippen molar-refractivity contribution in [2.24, 2.45) is 11.6 Å². The molecular weight excluding hydrogens is 316 g/mol. The van der Waals surface area contributed by atoms with E-state index in [0.29, 0.717) is 0 Å². The van der Waals surface area contributed by atoms with Crippen LogP contribution in [0.15, 0.2) is 59.9 Å². The number of benzene rings is 2. The van der Waals surface area contributed by atoms with E-state index in [1.165, 1.54) is 24.3 Å². The Balaban J connectivity index is 2.39. The van der Waals surface area contributed by atoms with Gasteiger partial charge in [-0.15, -0.1) is 0 Å². The van der Waals surface area contributed by atoms with Crippen LogP contribution in [0.4, 0.5) is 8.78 Å². The molecule has 0 heterocycles. The number of hydrogen-bond acceptors (Lipinski definition) is 4. The minimum atomic E-state index is -3.67. The highest BCUT2D eigenvalue weighted by Gasteiger charge is 2.38. The molecule has 0 radical (unpaired) electrons. The molecule has 0 aliphatic heterocycles. The second kappa shape index (κ2) is 6.67. The first kappa shape index (κ1) is 17.4. The monoisotopic (exact) mass is 333 g/mol. The van der Waals surface area contributed by atoms with Crippen LogP contribution in [-0.2, 0) is 10.7 Å². The van der Waals surface area contributed by atoms with Gasteiger partial charge in [0.2, 0.25) is 0 Å². The molecule has 0 atom stereocenters. The number of nitrogens with one attached hydrogen (secondary N) is 1. The second-order valence-corrected chi connectivity index (χ2v) is 5.26. The SMILES string of the molecule is Cc1ccc(-c2ccc(C(F)(F)/C(N)=C(/NN)C(=O)O)cc2)cc1. The van der Waals surface area contributed by atoms with Crippen molar-refractivity contribution in [3.8, 4) is 11.1 Å². The van der Waals surface area contributed by atoms with Crippen molar-refractivity contribution in [2.75, 3.05) is 0 Å². The number of carbonyl (C=O) groups is 1. The van der Waals surface area contributed by atoms with Crippen LogP contribution >= 0.6 is 0 Å². The Morgan fingerprint density at radius 3 is 1.92 bits per heavy atom. The molecule has 0 aliphatic carbocycles. The molecule has 0 saturated heterocycles. The van der Waals surface area contributed by atoms with Crippen LogP contribution in [0.3, 0.4) is 0 Å². The van der Waals surface area contributed by atoms with E-state index in [0.717, 1.165) is 16.7 Å². The normalized spacial score (nSPS) is 12.5.